The highest BCUT2D eigenvalue weighted by Crippen LogP contribution is 2.30. The van der Waals surface area contributed by atoms with Crippen molar-refractivity contribution < 1.29 is 14.3 Å². The number of amides is 1. The lowest BCUT2D eigenvalue weighted by Crippen LogP contribution is -2.49. The van der Waals surface area contributed by atoms with Crippen molar-refractivity contribution in [3.05, 3.63) is 66.5 Å². The van der Waals surface area contributed by atoms with Gasteiger partial charge in [-0.2, -0.15) is 0 Å². The molecule has 2 aromatic carbocycles. The van der Waals surface area contributed by atoms with Crippen molar-refractivity contribution in [2.75, 3.05) is 45.3 Å². The minimum Gasteiger partial charge on any atom is -0.497 e. The third kappa shape index (κ3) is 3.85. The molecular formula is C24H27N3O3. The molecule has 1 aliphatic rings. The lowest BCUT2D eigenvalue weighted by molar-refractivity contribution is 0.0738. The van der Waals surface area contributed by atoms with Gasteiger partial charge in [-0.05, 0) is 11.6 Å². The number of ether oxygens (including phenoxy) is 2. The zero-order valence-corrected chi connectivity index (χ0v) is 17.7. The van der Waals surface area contributed by atoms with E-state index < -0.39 is 0 Å². The van der Waals surface area contributed by atoms with Crippen LogP contribution in [0.25, 0.3) is 11.1 Å². The van der Waals surface area contributed by atoms with Gasteiger partial charge in [-0.15, -0.1) is 0 Å². The topological polar surface area (TPSA) is 46.9 Å². The SMILES string of the molecule is COc1cc(OC)cc(N2CCN(C(=O)c3c(-c4ccccc4)ccn3C)CC2)c1. The lowest BCUT2D eigenvalue weighted by Gasteiger charge is -2.36. The number of benzene rings is 2. The maximum Gasteiger partial charge on any atom is 0.271 e. The summed E-state index contributed by atoms with van der Waals surface area (Å²) in [5.74, 6) is 1.60. The minimum absolute atomic E-state index is 0.0734. The predicted octanol–water partition coefficient (Wildman–Crippen LogP) is 3.67. The van der Waals surface area contributed by atoms with Crippen LogP contribution in [0, 0.1) is 0 Å². The molecule has 0 unspecified atom stereocenters. The first kappa shape index (κ1) is 19.9. The van der Waals surface area contributed by atoms with Gasteiger partial charge in [0.1, 0.15) is 17.2 Å². The molecule has 1 fully saturated rings. The predicted molar refractivity (Wildman–Crippen MR) is 119 cm³/mol. The lowest BCUT2D eigenvalue weighted by atomic mass is 10.1. The summed E-state index contributed by atoms with van der Waals surface area (Å²) in [6, 6.07) is 18.0. The molecule has 4 rings (SSSR count). The molecule has 2 heterocycles. The summed E-state index contributed by atoms with van der Waals surface area (Å²) >= 11 is 0. The molecule has 0 bridgehead atoms. The first-order valence-electron chi connectivity index (χ1n) is 10.1. The molecule has 30 heavy (non-hydrogen) atoms. The van der Waals surface area contributed by atoms with E-state index in [-0.39, 0.29) is 5.91 Å². The second-order valence-electron chi connectivity index (χ2n) is 7.41. The molecule has 1 aromatic heterocycles. The van der Waals surface area contributed by atoms with Crippen molar-refractivity contribution in [1.82, 2.24) is 9.47 Å². The molecule has 1 saturated heterocycles. The van der Waals surface area contributed by atoms with Gasteiger partial charge in [-0.3, -0.25) is 4.79 Å². The minimum atomic E-state index is 0.0734. The summed E-state index contributed by atoms with van der Waals surface area (Å²) in [4.78, 5) is 17.6. The van der Waals surface area contributed by atoms with Crippen LogP contribution >= 0.6 is 0 Å². The van der Waals surface area contributed by atoms with E-state index in [0.29, 0.717) is 13.1 Å². The van der Waals surface area contributed by atoms with Crippen molar-refractivity contribution in [1.29, 1.82) is 0 Å². The molecule has 156 valence electrons. The maximum absolute atomic E-state index is 13.4. The fraction of sp³-hybridized carbons (Fsp3) is 0.292. The fourth-order valence-electron chi connectivity index (χ4n) is 3.94. The summed E-state index contributed by atoms with van der Waals surface area (Å²) in [6.07, 6.45) is 1.95. The number of methoxy groups -OCH3 is 2. The number of carbonyl (C=O) groups excluding carboxylic acids is 1. The molecule has 0 aliphatic carbocycles. The molecule has 6 nitrogen and oxygen atoms in total. The first-order chi connectivity index (χ1) is 14.6. The average molecular weight is 405 g/mol. The summed E-state index contributed by atoms with van der Waals surface area (Å²) in [5, 5.41) is 0. The molecule has 1 aliphatic heterocycles. The summed E-state index contributed by atoms with van der Waals surface area (Å²) in [5.41, 5.74) is 3.81. The number of anilines is 1. The number of nitrogens with zero attached hydrogens (tertiary/aromatic N) is 3. The second-order valence-corrected chi connectivity index (χ2v) is 7.41. The van der Waals surface area contributed by atoms with E-state index in [9.17, 15) is 4.79 Å². The van der Waals surface area contributed by atoms with Crippen LogP contribution in [0.15, 0.2) is 60.8 Å². The largest absolute Gasteiger partial charge is 0.497 e. The first-order valence-corrected chi connectivity index (χ1v) is 10.1. The fourth-order valence-corrected chi connectivity index (χ4v) is 3.94. The van der Waals surface area contributed by atoms with Crippen LogP contribution in [-0.2, 0) is 7.05 Å². The monoisotopic (exact) mass is 405 g/mol. The second kappa shape index (κ2) is 8.53. The Kier molecular flexibility index (Phi) is 5.65. The molecule has 0 radical (unpaired) electrons. The Labute approximate surface area is 177 Å². The molecule has 1 amide bonds. The van der Waals surface area contributed by atoms with Crippen molar-refractivity contribution in [3.8, 4) is 22.6 Å². The molecule has 0 spiro atoms. The molecule has 6 heteroatoms. The number of carbonyl (C=O) groups is 1. The van der Waals surface area contributed by atoms with Gasteiger partial charge in [0.15, 0.2) is 0 Å². The van der Waals surface area contributed by atoms with Crippen LogP contribution in [0.4, 0.5) is 5.69 Å². The van der Waals surface area contributed by atoms with Crippen LogP contribution in [0.5, 0.6) is 11.5 Å². The molecule has 0 saturated carbocycles. The zero-order chi connectivity index (χ0) is 21.1. The van der Waals surface area contributed by atoms with Crippen LogP contribution in [0.2, 0.25) is 0 Å². The normalized spacial score (nSPS) is 14.0. The van der Waals surface area contributed by atoms with Gasteiger partial charge in [0.05, 0.1) is 14.2 Å². The molecule has 3 aromatic rings. The Hall–Kier alpha value is -3.41. The van der Waals surface area contributed by atoms with Crippen LogP contribution in [0.1, 0.15) is 10.5 Å². The van der Waals surface area contributed by atoms with E-state index in [1.807, 2.05) is 77.3 Å². The van der Waals surface area contributed by atoms with Crippen LogP contribution in [-0.4, -0.2) is 55.8 Å². The van der Waals surface area contributed by atoms with E-state index in [0.717, 1.165) is 47.1 Å². The van der Waals surface area contributed by atoms with Gasteiger partial charge < -0.3 is 23.8 Å². The maximum atomic E-state index is 13.4. The summed E-state index contributed by atoms with van der Waals surface area (Å²) in [6.45, 7) is 2.84. The Balaban J connectivity index is 1.51. The Morgan fingerprint density at radius 1 is 0.867 bits per heavy atom. The number of hydrogen-bond donors (Lipinski definition) is 0. The van der Waals surface area contributed by atoms with Gasteiger partial charge in [-0.1, -0.05) is 30.3 Å². The van der Waals surface area contributed by atoms with Gasteiger partial charge in [0.25, 0.3) is 5.91 Å². The highest BCUT2D eigenvalue weighted by molar-refractivity contribution is 5.99. The standard InChI is InChI=1S/C24H27N3O3/c1-25-10-9-22(18-7-5-4-6-8-18)23(25)24(28)27-13-11-26(12-14-27)19-15-20(29-2)17-21(16-19)30-3/h4-10,15-17H,11-14H2,1-3H3. The number of aryl methyl sites for hydroxylation is 1. The highest BCUT2D eigenvalue weighted by atomic mass is 16.5. The van der Waals surface area contributed by atoms with E-state index >= 15 is 0 Å². The van der Waals surface area contributed by atoms with Crippen molar-refractivity contribution >= 4 is 11.6 Å². The third-order valence-corrected chi connectivity index (χ3v) is 5.63. The van der Waals surface area contributed by atoms with Gasteiger partial charge in [0, 0.05) is 68.9 Å². The number of piperazine rings is 1. The van der Waals surface area contributed by atoms with Gasteiger partial charge in [0.2, 0.25) is 0 Å². The highest BCUT2D eigenvalue weighted by Gasteiger charge is 2.26. The third-order valence-electron chi connectivity index (χ3n) is 5.63. The average Bonchev–Trinajstić information content (AvgIpc) is 3.20. The number of hydrogen-bond acceptors (Lipinski definition) is 4. The van der Waals surface area contributed by atoms with Gasteiger partial charge >= 0.3 is 0 Å². The van der Waals surface area contributed by atoms with Gasteiger partial charge in [-0.25, -0.2) is 0 Å². The number of rotatable bonds is 5. The molecule has 0 N–H and O–H groups in total. The van der Waals surface area contributed by atoms with Crippen molar-refractivity contribution in [2.24, 2.45) is 7.05 Å². The quantitative estimate of drug-likeness (QED) is 0.650. The number of aromatic nitrogens is 1. The van der Waals surface area contributed by atoms with E-state index in [1.54, 1.807) is 14.2 Å². The zero-order valence-electron chi connectivity index (χ0n) is 17.7. The smallest absolute Gasteiger partial charge is 0.271 e. The van der Waals surface area contributed by atoms with E-state index in [2.05, 4.69) is 4.90 Å². The Morgan fingerprint density at radius 3 is 2.10 bits per heavy atom. The van der Waals surface area contributed by atoms with E-state index in [1.165, 1.54) is 0 Å². The van der Waals surface area contributed by atoms with Crippen molar-refractivity contribution in [3.63, 3.8) is 0 Å². The molecular weight excluding hydrogens is 378 g/mol. The Morgan fingerprint density at radius 2 is 1.50 bits per heavy atom. The molecule has 0 atom stereocenters. The van der Waals surface area contributed by atoms with Crippen molar-refractivity contribution in [2.45, 2.75) is 0 Å². The Bertz CT molecular complexity index is 999. The van der Waals surface area contributed by atoms with E-state index in [4.69, 9.17) is 9.47 Å². The summed E-state index contributed by atoms with van der Waals surface area (Å²) < 4.78 is 12.7. The van der Waals surface area contributed by atoms with Crippen LogP contribution in [0.3, 0.4) is 0 Å². The van der Waals surface area contributed by atoms with Crippen LogP contribution < -0.4 is 14.4 Å². The summed E-state index contributed by atoms with van der Waals surface area (Å²) in [7, 11) is 5.23.